The molecule has 1 aromatic carbocycles. The van der Waals surface area contributed by atoms with Crippen LogP contribution in [0.4, 0.5) is 20.3 Å². The molecule has 0 aliphatic heterocycles. The van der Waals surface area contributed by atoms with E-state index in [0.717, 1.165) is 30.0 Å². The van der Waals surface area contributed by atoms with Gasteiger partial charge in [-0.25, -0.2) is 13.8 Å². The van der Waals surface area contributed by atoms with Crippen molar-refractivity contribution < 1.29 is 8.78 Å². The third-order valence-electron chi connectivity index (χ3n) is 2.04. The van der Waals surface area contributed by atoms with Crippen LogP contribution in [0.25, 0.3) is 0 Å². The first-order valence-corrected chi connectivity index (χ1v) is 5.53. The molecular formula is C11H9F2N3S. The smallest absolute Gasteiger partial charge is 0.147 e. The van der Waals surface area contributed by atoms with Gasteiger partial charge in [0.15, 0.2) is 0 Å². The summed E-state index contributed by atoms with van der Waals surface area (Å²) in [5, 5.41) is 0.459. The Bertz CT molecular complexity index is 560. The summed E-state index contributed by atoms with van der Waals surface area (Å²) in [6, 6.07) is 6.40. The zero-order chi connectivity index (χ0) is 12.4. The second-order valence-corrected chi connectivity index (χ2v) is 4.36. The Morgan fingerprint density at radius 1 is 1.06 bits per heavy atom. The molecule has 17 heavy (non-hydrogen) atoms. The predicted molar refractivity (Wildman–Crippen MR) is 63.5 cm³/mol. The third kappa shape index (κ3) is 2.65. The number of anilines is 2. The maximum absolute atomic E-state index is 13.4. The van der Waals surface area contributed by atoms with Gasteiger partial charge in [-0.3, -0.25) is 0 Å². The minimum Gasteiger partial charge on any atom is -0.396 e. The number of nitrogen functional groups attached to an aromatic ring is 2. The van der Waals surface area contributed by atoms with Crippen molar-refractivity contribution in [2.24, 2.45) is 0 Å². The van der Waals surface area contributed by atoms with E-state index in [0.29, 0.717) is 10.7 Å². The summed E-state index contributed by atoms with van der Waals surface area (Å²) in [6.45, 7) is 0. The lowest BCUT2D eigenvalue weighted by molar-refractivity contribution is 0.577. The number of hydrogen-bond acceptors (Lipinski definition) is 4. The summed E-state index contributed by atoms with van der Waals surface area (Å²) in [6.07, 6.45) is 0. The predicted octanol–water partition coefficient (Wildman–Crippen LogP) is 2.68. The molecule has 0 radical (unpaired) electrons. The summed E-state index contributed by atoms with van der Waals surface area (Å²) >= 11 is 0.990. The molecule has 0 aliphatic carbocycles. The Kier molecular flexibility index (Phi) is 3.14. The van der Waals surface area contributed by atoms with Crippen LogP contribution in [0.2, 0.25) is 0 Å². The first kappa shape index (κ1) is 11.7. The Hall–Kier alpha value is -1.82. The van der Waals surface area contributed by atoms with Crippen LogP contribution in [0.5, 0.6) is 0 Å². The van der Waals surface area contributed by atoms with Gasteiger partial charge in [0.1, 0.15) is 22.5 Å². The minimum absolute atomic E-state index is 0.154. The van der Waals surface area contributed by atoms with E-state index in [-0.39, 0.29) is 10.7 Å². The lowest BCUT2D eigenvalue weighted by Gasteiger charge is -2.04. The standard InChI is InChI=1S/C11H9F2N3S/c12-6-1-2-7(13)9(5-6)17-10-4-3-8(14)11(15)16-10/h1-5H,14H2,(H2,15,16). The van der Waals surface area contributed by atoms with Crippen molar-refractivity contribution in [3.8, 4) is 0 Å². The molecule has 1 heterocycles. The fourth-order valence-electron chi connectivity index (χ4n) is 1.19. The van der Waals surface area contributed by atoms with Gasteiger partial charge >= 0.3 is 0 Å². The molecule has 2 aromatic rings. The molecule has 0 bridgehead atoms. The van der Waals surface area contributed by atoms with Gasteiger partial charge in [-0.1, -0.05) is 11.8 Å². The summed E-state index contributed by atoms with van der Waals surface area (Å²) < 4.78 is 26.3. The van der Waals surface area contributed by atoms with Gasteiger partial charge in [-0.05, 0) is 30.3 Å². The van der Waals surface area contributed by atoms with E-state index < -0.39 is 11.6 Å². The number of rotatable bonds is 2. The monoisotopic (exact) mass is 253 g/mol. The second kappa shape index (κ2) is 4.58. The normalized spacial score (nSPS) is 10.5. The molecule has 0 spiro atoms. The Labute approximate surface area is 101 Å². The Morgan fingerprint density at radius 3 is 2.53 bits per heavy atom. The van der Waals surface area contributed by atoms with Gasteiger partial charge < -0.3 is 11.5 Å². The minimum atomic E-state index is -0.506. The van der Waals surface area contributed by atoms with E-state index in [2.05, 4.69) is 4.98 Å². The summed E-state index contributed by atoms with van der Waals surface area (Å²) in [5.41, 5.74) is 11.4. The van der Waals surface area contributed by atoms with Crippen LogP contribution in [0.1, 0.15) is 0 Å². The number of benzene rings is 1. The van der Waals surface area contributed by atoms with Gasteiger partial charge in [0.2, 0.25) is 0 Å². The van der Waals surface area contributed by atoms with Gasteiger partial charge in [-0.2, -0.15) is 0 Å². The van der Waals surface area contributed by atoms with Crippen LogP contribution in [0.3, 0.4) is 0 Å². The lowest BCUT2D eigenvalue weighted by atomic mass is 10.3. The van der Waals surface area contributed by atoms with Crippen molar-refractivity contribution in [2.75, 3.05) is 11.5 Å². The fourth-order valence-corrected chi connectivity index (χ4v) is 2.03. The van der Waals surface area contributed by atoms with Gasteiger partial charge in [0.25, 0.3) is 0 Å². The number of aromatic nitrogens is 1. The average molecular weight is 253 g/mol. The molecule has 0 fully saturated rings. The van der Waals surface area contributed by atoms with Crippen molar-refractivity contribution in [3.05, 3.63) is 42.0 Å². The topological polar surface area (TPSA) is 64.9 Å². The number of nitrogens with two attached hydrogens (primary N) is 2. The quantitative estimate of drug-likeness (QED) is 0.863. The maximum Gasteiger partial charge on any atom is 0.147 e. The molecule has 1 aromatic heterocycles. The van der Waals surface area contributed by atoms with Crippen LogP contribution in [-0.4, -0.2) is 4.98 Å². The van der Waals surface area contributed by atoms with Crippen molar-refractivity contribution in [1.82, 2.24) is 4.98 Å². The summed E-state index contributed by atoms with van der Waals surface area (Å²) in [7, 11) is 0. The van der Waals surface area contributed by atoms with Crippen molar-refractivity contribution in [3.63, 3.8) is 0 Å². The molecule has 0 unspecified atom stereocenters. The highest BCUT2D eigenvalue weighted by molar-refractivity contribution is 7.99. The molecule has 0 amide bonds. The molecule has 0 saturated carbocycles. The Morgan fingerprint density at radius 2 is 1.82 bits per heavy atom. The molecule has 88 valence electrons. The van der Waals surface area contributed by atoms with E-state index in [1.165, 1.54) is 0 Å². The zero-order valence-corrected chi connectivity index (χ0v) is 9.47. The first-order chi connectivity index (χ1) is 8.06. The number of hydrogen-bond donors (Lipinski definition) is 2. The molecule has 4 N–H and O–H groups in total. The fraction of sp³-hybridized carbons (Fsp3) is 0. The Balaban J connectivity index is 2.31. The van der Waals surface area contributed by atoms with E-state index in [1.807, 2.05) is 0 Å². The van der Waals surface area contributed by atoms with Crippen LogP contribution < -0.4 is 11.5 Å². The highest BCUT2D eigenvalue weighted by Crippen LogP contribution is 2.30. The van der Waals surface area contributed by atoms with E-state index >= 15 is 0 Å². The zero-order valence-electron chi connectivity index (χ0n) is 8.65. The van der Waals surface area contributed by atoms with Crippen LogP contribution in [-0.2, 0) is 0 Å². The van der Waals surface area contributed by atoms with E-state index in [4.69, 9.17) is 11.5 Å². The molecule has 2 rings (SSSR count). The van der Waals surface area contributed by atoms with Crippen molar-refractivity contribution >= 4 is 23.3 Å². The van der Waals surface area contributed by atoms with Crippen LogP contribution in [0.15, 0.2) is 40.3 Å². The maximum atomic E-state index is 13.4. The molecule has 0 aliphatic rings. The summed E-state index contributed by atoms with van der Waals surface area (Å²) in [4.78, 5) is 4.12. The third-order valence-corrected chi connectivity index (χ3v) is 3.01. The lowest BCUT2D eigenvalue weighted by Crippen LogP contribution is -1.98. The molecular weight excluding hydrogens is 244 g/mol. The van der Waals surface area contributed by atoms with E-state index in [9.17, 15) is 8.78 Å². The van der Waals surface area contributed by atoms with Gasteiger partial charge in [-0.15, -0.1) is 0 Å². The highest BCUT2D eigenvalue weighted by Gasteiger charge is 2.07. The number of nitrogens with zero attached hydrogens (tertiary/aromatic N) is 1. The molecule has 0 saturated heterocycles. The molecule has 3 nitrogen and oxygen atoms in total. The molecule has 6 heteroatoms. The SMILES string of the molecule is Nc1ccc(Sc2cc(F)ccc2F)nc1N. The number of pyridine rings is 1. The molecule has 0 atom stereocenters. The van der Waals surface area contributed by atoms with Crippen molar-refractivity contribution in [2.45, 2.75) is 9.92 Å². The van der Waals surface area contributed by atoms with Crippen LogP contribution >= 0.6 is 11.8 Å². The van der Waals surface area contributed by atoms with Gasteiger partial charge in [0.05, 0.1) is 10.6 Å². The second-order valence-electron chi connectivity index (χ2n) is 3.30. The van der Waals surface area contributed by atoms with E-state index in [1.54, 1.807) is 12.1 Å². The highest BCUT2D eigenvalue weighted by atomic mass is 32.2. The average Bonchev–Trinajstić information content (AvgIpc) is 2.29. The largest absolute Gasteiger partial charge is 0.396 e. The number of halogens is 2. The first-order valence-electron chi connectivity index (χ1n) is 4.71. The van der Waals surface area contributed by atoms with Crippen molar-refractivity contribution in [1.29, 1.82) is 0 Å². The summed E-state index contributed by atoms with van der Waals surface area (Å²) in [5.74, 6) is -0.835. The van der Waals surface area contributed by atoms with Gasteiger partial charge in [0, 0.05) is 0 Å². The van der Waals surface area contributed by atoms with Crippen LogP contribution in [0, 0.1) is 11.6 Å².